The molecule has 184 valence electrons. The Balaban J connectivity index is 1.28. The third-order valence-electron chi connectivity index (χ3n) is 8.25. The van der Waals surface area contributed by atoms with Crippen molar-refractivity contribution in [2.75, 3.05) is 11.9 Å². The third kappa shape index (κ3) is 4.15. The zero-order valence-corrected chi connectivity index (χ0v) is 20.3. The first-order valence-electron chi connectivity index (χ1n) is 13.1. The summed E-state index contributed by atoms with van der Waals surface area (Å²) >= 11 is 0. The van der Waals surface area contributed by atoms with E-state index < -0.39 is 0 Å². The summed E-state index contributed by atoms with van der Waals surface area (Å²) < 4.78 is 0. The highest BCUT2D eigenvalue weighted by Crippen LogP contribution is 2.51. The molecule has 2 N–H and O–H groups in total. The Hall–Kier alpha value is -3.67. The van der Waals surface area contributed by atoms with E-state index in [0.717, 1.165) is 44.3 Å². The molecule has 6 heteroatoms. The molecule has 36 heavy (non-hydrogen) atoms. The minimum atomic E-state index is -0.188. The van der Waals surface area contributed by atoms with Gasteiger partial charge in [-0.2, -0.15) is 0 Å². The molecule has 3 aliphatic rings. The lowest BCUT2D eigenvalue weighted by Crippen LogP contribution is -2.50. The number of nitrogens with one attached hydrogen (secondary N) is 2. The minimum absolute atomic E-state index is 0.0283. The molecule has 1 aromatic heterocycles. The fourth-order valence-electron chi connectivity index (χ4n) is 6.53. The van der Waals surface area contributed by atoms with Crippen LogP contribution in [0.15, 0.2) is 79.1 Å². The van der Waals surface area contributed by atoms with E-state index in [0.29, 0.717) is 5.56 Å². The van der Waals surface area contributed by atoms with Crippen LogP contribution in [-0.2, 0) is 4.79 Å². The number of benzene rings is 2. The number of amides is 2. The van der Waals surface area contributed by atoms with Crippen LogP contribution in [-0.4, -0.2) is 34.3 Å². The minimum Gasteiger partial charge on any atom is -0.378 e. The number of carbonyl (C=O) groups excluding carboxylic acids is 2. The Morgan fingerprint density at radius 1 is 0.889 bits per heavy atom. The van der Waals surface area contributed by atoms with Gasteiger partial charge < -0.3 is 15.5 Å². The molecule has 5 atom stereocenters. The van der Waals surface area contributed by atoms with Crippen molar-refractivity contribution in [1.29, 1.82) is 0 Å². The highest BCUT2D eigenvalue weighted by atomic mass is 16.2. The smallest absolute Gasteiger partial charge is 0.251 e. The second kappa shape index (κ2) is 9.76. The van der Waals surface area contributed by atoms with E-state index in [2.05, 4.69) is 50.8 Å². The van der Waals surface area contributed by atoms with Crippen molar-refractivity contribution in [2.45, 2.75) is 50.2 Å². The maximum atomic E-state index is 14.2. The van der Waals surface area contributed by atoms with E-state index in [4.69, 9.17) is 0 Å². The number of hydrogen-bond acceptors (Lipinski definition) is 4. The lowest BCUT2D eigenvalue weighted by Gasteiger charge is -2.42. The highest BCUT2D eigenvalue weighted by Gasteiger charge is 2.48. The third-order valence-corrected chi connectivity index (χ3v) is 8.25. The molecular weight excluding hydrogens is 448 g/mol. The second-order valence-electron chi connectivity index (χ2n) is 10.3. The normalized spacial score (nSPS) is 26.9. The largest absolute Gasteiger partial charge is 0.378 e. The zero-order chi connectivity index (χ0) is 24.5. The predicted molar refractivity (Wildman–Crippen MR) is 139 cm³/mol. The van der Waals surface area contributed by atoms with Crippen LogP contribution in [0.5, 0.6) is 0 Å². The number of hydrogen-bond donors (Lipinski definition) is 2. The lowest BCUT2D eigenvalue weighted by molar-refractivity contribution is -0.138. The van der Waals surface area contributed by atoms with Gasteiger partial charge in [0, 0.05) is 42.1 Å². The molecule has 1 aliphatic carbocycles. The van der Waals surface area contributed by atoms with Gasteiger partial charge >= 0.3 is 0 Å². The molecule has 6 rings (SSSR count). The van der Waals surface area contributed by atoms with E-state index in [-0.39, 0.29) is 41.8 Å². The van der Waals surface area contributed by atoms with Crippen molar-refractivity contribution in [3.63, 3.8) is 0 Å². The van der Waals surface area contributed by atoms with Gasteiger partial charge in [0.2, 0.25) is 5.91 Å². The van der Waals surface area contributed by atoms with Crippen molar-refractivity contribution in [2.24, 2.45) is 11.8 Å². The molecule has 2 amide bonds. The summed E-state index contributed by atoms with van der Waals surface area (Å²) in [5, 5.41) is 6.96. The number of fused-ring (bicyclic) bond motifs is 3. The van der Waals surface area contributed by atoms with Crippen LogP contribution < -0.4 is 10.6 Å². The first kappa shape index (κ1) is 22.8. The molecule has 3 aromatic rings. The number of likely N-dealkylation sites (tertiary alicyclic amines) is 1. The summed E-state index contributed by atoms with van der Waals surface area (Å²) in [6.07, 6.45) is 8.34. The number of carbonyl (C=O) groups is 2. The first-order valence-corrected chi connectivity index (χ1v) is 13.1. The van der Waals surface area contributed by atoms with Gasteiger partial charge in [-0.15, -0.1) is 0 Å². The number of pyridine rings is 1. The quantitative estimate of drug-likeness (QED) is 0.543. The van der Waals surface area contributed by atoms with Crippen molar-refractivity contribution in [3.05, 3.63) is 95.8 Å². The van der Waals surface area contributed by atoms with Crippen LogP contribution in [0.3, 0.4) is 0 Å². The Bertz CT molecular complexity index is 1230. The average molecular weight is 481 g/mol. The van der Waals surface area contributed by atoms with Crippen LogP contribution >= 0.6 is 0 Å². The van der Waals surface area contributed by atoms with Crippen molar-refractivity contribution in [3.8, 4) is 0 Å². The standard InChI is InChI=1S/C30H32N4O2/c35-29(21-8-2-1-3-9-21)33-26-13-7-5-11-23(26)30(36)34-19-16-24-27(20-14-17-31-18-15-20)32-25-12-6-4-10-22(25)28(24)34/h1-4,6,8-10,12,14-15,17-18,23-24,26-28,32H,5,7,11,13,16,19H2,(H,33,35)/t23-,24-,26+,27+,28+/m0/s1. The van der Waals surface area contributed by atoms with Gasteiger partial charge in [-0.25, -0.2) is 0 Å². The summed E-state index contributed by atoms with van der Waals surface area (Å²) in [6, 6.07) is 21.9. The van der Waals surface area contributed by atoms with Gasteiger partial charge in [-0.05, 0) is 60.7 Å². The summed E-state index contributed by atoms with van der Waals surface area (Å²) in [7, 11) is 0. The SMILES string of the molecule is O=C(N[C@@H]1CCCC[C@@H]1C(=O)N1CC[C@H]2[C@@H](c3ccncc3)Nc3ccccc3[C@H]21)c1ccccc1. The van der Waals surface area contributed by atoms with Crippen molar-refractivity contribution in [1.82, 2.24) is 15.2 Å². The summed E-state index contributed by atoms with van der Waals surface area (Å²) in [6.45, 7) is 0.738. The first-order chi connectivity index (χ1) is 17.7. The summed E-state index contributed by atoms with van der Waals surface area (Å²) in [4.78, 5) is 33.4. The maximum absolute atomic E-state index is 14.2. The van der Waals surface area contributed by atoms with Gasteiger partial charge in [0.1, 0.15) is 0 Å². The van der Waals surface area contributed by atoms with E-state index in [1.54, 1.807) is 0 Å². The fourth-order valence-corrected chi connectivity index (χ4v) is 6.53. The molecule has 2 aliphatic heterocycles. The van der Waals surface area contributed by atoms with Gasteiger partial charge in [0.05, 0.1) is 18.0 Å². The van der Waals surface area contributed by atoms with Crippen molar-refractivity contribution < 1.29 is 9.59 Å². The molecule has 0 bridgehead atoms. The van der Waals surface area contributed by atoms with E-state index >= 15 is 0 Å². The number of anilines is 1. The van der Waals surface area contributed by atoms with Gasteiger partial charge in [0.25, 0.3) is 5.91 Å². The van der Waals surface area contributed by atoms with Crippen LogP contribution in [0.25, 0.3) is 0 Å². The molecule has 1 saturated heterocycles. The summed E-state index contributed by atoms with van der Waals surface area (Å²) in [5.74, 6) is 0.189. The second-order valence-corrected chi connectivity index (χ2v) is 10.3. The van der Waals surface area contributed by atoms with Crippen LogP contribution in [0.1, 0.15) is 65.7 Å². The molecule has 3 heterocycles. The maximum Gasteiger partial charge on any atom is 0.251 e. The van der Waals surface area contributed by atoms with E-state index in [1.165, 1.54) is 11.1 Å². The number of rotatable bonds is 4. The Morgan fingerprint density at radius 3 is 2.47 bits per heavy atom. The summed E-state index contributed by atoms with van der Waals surface area (Å²) in [5.41, 5.74) is 4.13. The molecule has 2 aromatic carbocycles. The van der Waals surface area contributed by atoms with E-state index in [9.17, 15) is 9.59 Å². The van der Waals surface area contributed by atoms with Crippen molar-refractivity contribution >= 4 is 17.5 Å². The van der Waals surface area contributed by atoms with Gasteiger partial charge in [-0.1, -0.05) is 49.2 Å². The molecule has 0 radical (unpaired) electrons. The number of aromatic nitrogens is 1. The molecule has 1 saturated carbocycles. The van der Waals surface area contributed by atoms with Crippen LogP contribution in [0, 0.1) is 11.8 Å². The zero-order valence-electron chi connectivity index (χ0n) is 20.3. The average Bonchev–Trinajstić information content (AvgIpc) is 3.39. The van der Waals surface area contributed by atoms with Crippen LogP contribution in [0.2, 0.25) is 0 Å². The molecule has 0 spiro atoms. The predicted octanol–water partition coefficient (Wildman–Crippen LogP) is 5.13. The van der Waals surface area contributed by atoms with E-state index in [1.807, 2.05) is 48.8 Å². The monoisotopic (exact) mass is 480 g/mol. The Morgan fingerprint density at radius 2 is 1.64 bits per heavy atom. The topological polar surface area (TPSA) is 74.3 Å². The Labute approximate surface area is 212 Å². The lowest BCUT2D eigenvalue weighted by atomic mass is 9.79. The number of para-hydroxylation sites is 1. The molecule has 2 fully saturated rings. The highest BCUT2D eigenvalue weighted by molar-refractivity contribution is 5.94. The molecule has 6 nitrogen and oxygen atoms in total. The number of nitrogens with zero attached hydrogens (tertiary/aromatic N) is 2. The Kier molecular flexibility index (Phi) is 6.18. The fraction of sp³-hybridized carbons (Fsp3) is 0.367. The van der Waals surface area contributed by atoms with Gasteiger partial charge in [0.15, 0.2) is 0 Å². The van der Waals surface area contributed by atoms with Gasteiger partial charge in [-0.3, -0.25) is 14.6 Å². The molecular formula is C30H32N4O2. The van der Waals surface area contributed by atoms with Crippen LogP contribution in [0.4, 0.5) is 5.69 Å². The molecule has 0 unspecified atom stereocenters.